The lowest BCUT2D eigenvalue weighted by Gasteiger charge is -2.20. The lowest BCUT2D eigenvalue weighted by Crippen LogP contribution is -2.55. The Morgan fingerprint density at radius 2 is 1.88 bits per heavy atom. The quantitative estimate of drug-likeness (QED) is 0.258. The van der Waals surface area contributed by atoms with Crippen molar-refractivity contribution in [3.8, 4) is 0 Å². The first kappa shape index (κ1) is 29.5. The number of Topliss-reactive ketones (excluding diaryl/α,β-unsaturated/α-hetero) is 1. The largest absolute Gasteiger partial charge is 0.382 e. The summed E-state index contributed by atoms with van der Waals surface area (Å²) in [7, 11) is 1.30. The molecule has 1 rings (SSSR count). The van der Waals surface area contributed by atoms with Gasteiger partial charge in [-0.1, -0.05) is 38.3 Å². The van der Waals surface area contributed by atoms with Crippen molar-refractivity contribution in [3.05, 3.63) is 37.0 Å². The molecule has 11 heteroatoms. The Labute approximate surface area is 187 Å². The minimum Gasteiger partial charge on any atom is -0.382 e. The van der Waals surface area contributed by atoms with Crippen LogP contribution in [0.15, 0.2) is 37.0 Å². The number of hydrogen-bond donors (Lipinski definition) is 3. The predicted molar refractivity (Wildman–Crippen MR) is 115 cm³/mol. The van der Waals surface area contributed by atoms with Crippen LogP contribution in [0.25, 0.3) is 0 Å². The number of alkyl halides is 2. The Hall–Kier alpha value is -2.47. The van der Waals surface area contributed by atoms with Gasteiger partial charge in [-0.25, -0.2) is 0 Å². The zero-order valence-corrected chi connectivity index (χ0v) is 18.7. The second kappa shape index (κ2) is 15.4. The van der Waals surface area contributed by atoms with Gasteiger partial charge < -0.3 is 30.6 Å². The van der Waals surface area contributed by atoms with Crippen LogP contribution in [-0.2, 0) is 28.6 Å². The van der Waals surface area contributed by atoms with Gasteiger partial charge in [0.2, 0.25) is 11.8 Å². The molecule has 1 heterocycles. The van der Waals surface area contributed by atoms with Gasteiger partial charge in [0.25, 0.3) is 0 Å². The number of hydrogen-bond acceptors (Lipinski definition) is 7. The first-order chi connectivity index (χ1) is 15.0. The van der Waals surface area contributed by atoms with Crippen LogP contribution in [0.3, 0.4) is 0 Å². The van der Waals surface area contributed by atoms with Gasteiger partial charge in [0.05, 0.1) is 26.4 Å². The number of epoxide rings is 1. The van der Waals surface area contributed by atoms with E-state index in [4.69, 9.17) is 15.2 Å². The van der Waals surface area contributed by atoms with E-state index in [1.807, 2.05) is 12.2 Å². The predicted octanol–water partition coefficient (Wildman–Crippen LogP) is 0.853. The topological polar surface area (TPSA) is 132 Å². The highest BCUT2D eigenvalue weighted by Gasteiger charge is 2.46. The highest BCUT2D eigenvalue weighted by molar-refractivity contribution is 5.95. The normalized spacial score (nSPS) is 19.2. The molecule has 1 aliphatic rings. The van der Waals surface area contributed by atoms with Crippen molar-refractivity contribution in [2.45, 2.75) is 44.6 Å². The Morgan fingerprint density at radius 3 is 2.28 bits per heavy atom. The van der Waals surface area contributed by atoms with E-state index < -0.39 is 42.7 Å². The number of carbonyl (C=O) groups is 3. The van der Waals surface area contributed by atoms with Crippen molar-refractivity contribution in [1.82, 2.24) is 10.6 Å². The summed E-state index contributed by atoms with van der Waals surface area (Å²) < 4.78 is 37.5. The average molecular weight is 462 g/mol. The Kier molecular flexibility index (Phi) is 14.2. The van der Waals surface area contributed by atoms with Crippen molar-refractivity contribution in [3.63, 3.8) is 0 Å². The number of ether oxygens (including phenoxy) is 3. The Morgan fingerprint density at radius 1 is 1.25 bits per heavy atom. The standard InChI is InChI=1S/C13H21F2N3O6.C8H12/c1-13(6-24-13)9(19)3-17-11(21)8(5-22-2)18-10(20)7(16)4-23-12(14)15;1-4-7-8(5-2)6-3/h7-8,12H,3-6,16H2,1-2H3,(H,17,21)(H,18,20);4-5,7H,1-2,6H2,3H3/b;8-7+/t7?,8-,13?;/m0./s1. The lowest BCUT2D eigenvalue weighted by atomic mass is 10.1. The summed E-state index contributed by atoms with van der Waals surface area (Å²) >= 11 is 0. The van der Waals surface area contributed by atoms with Crippen LogP contribution >= 0.6 is 0 Å². The summed E-state index contributed by atoms with van der Waals surface area (Å²) in [6.07, 6.45) is 6.63. The number of nitrogens with two attached hydrogens (primary N) is 1. The number of rotatable bonds is 14. The fraction of sp³-hybridized carbons (Fsp3) is 0.571. The van der Waals surface area contributed by atoms with E-state index in [-0.39, 0.29) is 18.9 Å². The summed E-state index contributed by atoms with van der Waals surface area (Å²) in [5, 5.41) is 4.60. The molecular weight excluding hydrogens is 428 g/mol. The first-order valence-electron chi connectivity index (χ1n) is 9.88. The minimum absolute atomic E-state index is 0.193. The summed E-state index contributed by atoms with van der Waals surface area (Å²) in [6.45, 7) is 6.96. The molecule has 3 atom stereocenters. The molecule has 0 spiro atoms. The highest BCUT2D eigenvalue weighted by atomic mass is 19.3. The summed E-state index contributed by atoms with van der Waals surface area (Å²) in [5.41, 5.74) is 5.75. The molecule has 2 amide bonds. The molecule has 0 bridgehead atoms. The maximum absolute atomic E-state index is 12.0. The van der Waals surface area contributed by atoms with E-state index in [0.29, 0.717) is 6.61 Å². The molecule has 0 aromatic rings. The molecular formula is C21H33F2N3O6. The maximum atomic E-state index is 12.0. The second-order valence-electron chi connectivity index (χ2n) is 6.91. The summed E-state index contributed by atoms with van der Waals surface area (Å²) in [4.78, 5) is 35.5. The SMILES string of the molecule is C=C/C=C(\C=C)CC.COC[C@H](NC(=O)C(N)COC(F)F)C(=O)NCC(=O)C1(C)CO1. The molecule has 0 aromatic heterocycles. The van der Waals surface area contributed by atoms with Crippen molar-refractivity contribution in [2.75, 3.05) is 33.5 Å². The van der Waals surface area contributed by atoms with E-state index in [0.717, 1.165) is 6.42 Å². The lowest BCUT2D eigenvalue weighted by molar-refractivity contribution is -0.143. The van der Waals surface area contributed by atoms with Gasteiger partial charge in [0.1, 0.15) is 17.7 Å². The van der Waals surface area contributed by atoms with Gasteiger partial charge in [0, 0.05) is 7.11 Å². The van der Waals surface area contributed by atoms with Crippen LogP contribution in [0.4, 0.5) is 8.78 Å². The molecule has 9 nitrogen and oxygen atoms in total. The third-order valence-electron chi connectivity index (χ3n) is 4.30. The fourth-order valence-electron chi connectivity index (χ4n) is 2.11. The molecule has 2 unspecified atom stereocenters. The Bertz CT molecular complexity index is 680. The van der Waals surface area contributed by atoms with Gasteiger partial charge in [0.15, 0.2) is 5.78 Å². The van der Waals surface area contributed by atoms with Gasteiger partial charge >= 0.3 is 6.61 Å². The average Bonchev–Trinajstić information content (AvgIpc) is 3.52. The second-order valence-corrected chi connectivity index (χ2v) is 6.91. The molecule has 1 saturated heterocycles. The van der Waals surface area contributed by atoms with E-state index in [9.17, 15) is 23.2 Å². The number of allylic oxidation sites excluding steroid dienone is 4. The number of amides is 2. The zero-order valence-electron chi connectivity index (χ0n) is 18.7. The molecule has 0 radical (unpaired) electrons. The van der Waals surface area contributed by atoms with E-state index in [1.54, 1.807) is 13.0 Å². The van der Waals surface area contributed by atoms with E-state index in [1.165, 1.54) is 12.7 Å². The van der Waals surface area contributed by atoms with Crippen LogP contribution < -0.4 is 16.4 Å². The van der Waals surface area contributed by atoms with Gasteiger partial charge in [-0.05, 0) is 18.9 Å². The molecule has 0 saturated carbocycles. The number of carbonyl (C=O) groups excluding carboxylic acids is 3. The first-order valence-corrected chi connectivity index (χ1v) is 9.88. The Balaban J connectivity index is 0.00000102. The molecule has 4 N–H and O–H groups in total. The van der Waals surface area contributed by atoms with E-state index in [2.05, 4.69) is 35.5 Å². The summed E-state index contributed by atoms with van der Waals surface area (Å²) in [6, 6.07) is -2.52. The van der Waals surface area contributed by atoms with Crippen LogP contribution in [0.1, 0.15) is 20.3 Å². The number of methoxy groups -OCH3 is 1. The molecule has 182 valence electrons. The van der Waals surface area contributed by atoms with Gasteiger partial charge in [-0.15, -0.1) is 0 Å². The number of nitrogens with one attached hydrogen (secondary N) is 2. The van der Waals surface area contributed by atoms with Crippen molar-refractivity contribution < 1.29 is 37.4 Å². The van der Waals surface area contributed by atoms with E-state index >= 15 is 0 Å². The maximum Gasteiger partial charge on any atom is 0.345 e. The summed E-state index contributed by atoms with van der Waals surface area (Å²) in [5.74, 6) is -1.85. The molecule has 0 aliphatic carbocycles. The van der Waals surface area contributed by atoms with Crippen LogP contribution in [0.5, 0.6) is 0 Å². The van der Waals surface area contributed by atoms with Gasteiger partial charge in [-0.3, -0.25) is 14.4 Å². The minimum atomic E-state index is -3.06. The van der Waals surface area contributed by atoms with Crippen LogP contribution in [-0.4, -0.2) is 75.4 Å². The number of ketones is 1. The molecule has 0 aromatic carbocycles. The van der Waals surface area contributed by atoms with Crippen molar-refractivity contribution in [2.24, 2.45) is 5.73 Å². The van der Waals surface area contributed by atoms with Crippen LogP contribution in [0, 0.1) is 0 Å². The van der Waals surface area contributed by atoms with Gasteiger partial charge in [-0.2, -0.15) is 8.78 Å². The van der Waals surface area contributed by atoms with Crippen LogP contribution in [0.2, 0.25) is 0 Å². The molecule has 1 aliphatic heterocycles. The number of halogens is 2. The third-order valence-corrected chi connectivity index (χ3v) is 4.30. The molecule has 1 fully saturated rings. The zero-order chi connectivity index (χ0) is 24.7. The molecule has 32 heavy (non-hydrogen) atoms. The van der Waals surface area contributed by atoms with Crippen molar-refractivity contribution >= 4 is 17.6 Å². The fourth-order valence-corrected chi connectivity index (χ4v) is 2.11. The smallest absolute Gasteiger partial charge is 0.345 e. The monoisotopic (exact) mass is 461 g/mol. The highest BCUT2D eigenvalue weighted by Crippen LogP contribution is 2.26. The van der Waals surface area contributed by atoms with Crippen molar-refractivity contribution in [1.29, 1.82) is 0 Å². The third kappa shape index (κ3) is 11.8.